The van der Waals surface area contributed by atoms with Gasteiger partial charge in [0.1, 0.15) is 10.3 Å². The molecule has 0 radical (unpaired) electrons. The zero-order valence-corrected chi connectivity index (χ0v) is 11.8. The van der Waals surface area contributed by atoms with Gasteiger partial charge in [0, 0.05) is 5.56 Å². The summed E-state index contributed by atoms with van der Waals surface area (Å²) in [5, 5.41) is 0. The van der Waals surface area contributed by atoms with Crippen molar-refractivity contribution in [2.45, 2.75) is 26.2 Å². The maximum atomic E-state index is 11.9. The summed E-state index contributed by atoms with van der Waals surface area (Å²) in [6.07, 6.45) is 2.94. The monoisotopic (exact) mass is 306 g/mol. The Morgan fingerprint density at radius 1 is 1.28 bits per heavy atom. The van der Waals surface area contributed by atoms with Crippen molar-refractivity contribution in [3.63, 3.8) is 0 Å². The van der Waals surface area contributed by atoms with Crippen molar-refractivity contribution in [3.8, 4) is 11.4 Å². The number of benzene rings is 1. The molecule has 18 heavy (non-hydrogen) atoms. The molecule has 0 atom stereocenters. The number of aromatic amines is 1. The van der Waals surface area contributed by atoms with Gasteiger partial charge in [-0.25, -0.2) is 4.98 Å². The third-order valence-electron chi connectivity index (χ3n) is 2.75. The Kier molecular flexibility index (Phi) is 4.31. The number of halogens is 1. The highest BCUT2D eigenvalue weighted by molar-refractivity contribution is 9.10. The second-order valence-corrected chi connectivity index (χ2v) is 4.94. The van der Waals surface area contributed by atoms with Gasteiger partial charge in [-0.05, 0) is 28.8 Å². The Morgan fingerprint density at radius 3 is 2.67 bits per heavy atom. The van der Waals surface area contributed by atoms with Crippen LogP contribution in [-0.4, -0.2) is 9.97 Å². The predicted molar refractivity (Wildman–Crippen MR) is 76.6 cm³/mol. The third kappa shape index (κ3) is 2.88. The average Bonchev–Trinajstić information content (AvgIpc) is 2.41. The van der Waals surface area contributed by atoms with E-state index in [4.69, 9.17) is 0 Å². The van der Waals surface area contributed by atoms with Crippen LogP contribution in [0.5, 0.6) is 0 Å². The van der Waals surface area contributed by atoms with Gasteiger partial charge in [-0.3, -0.25) is 4.79 Å². The summed E-state index contributed by atoms with van der Waals surface area (Å²) in [4.78, 5) is 19.2. The highest BCUT2D eigenvalue weighted by atomic mass is 79.9. The van der Waals surface area contributed by atoms with Gasteiger partial charge in [-0.2, -0.15) is 0 Å². The van der Waals surface area contributed by atoms with E-state index >= 15 is 0 Å². The van der Waals surface area contributed by atoms with Gasteiger partial charge in [-0.1, -0.05) is 43.7 Å². The molecular weight excluding hydrogens is 292 g/mol. The molecule has 0 fully saturated rings. The Bertz CT molecular complexity index is 578. The van der Waals surface area contributed by atoms with Gasteiger partial charge in [0.2, 0.25) is 0 Å². The first-order valence-electron chi connectivity index (χ1n) is 6.06. The number of H-pyrrole nitrogens is 1. The number of aromatic nitrogens is 2. The van der Waals surface area contributed by atoms with Crippen LogP contribution in [-0.2, 0) is 6.42 Å². The molecule has 0 saturated heterocycles. The Labute approximate surface area is 114 Å². The Balaban J connectivity index is 2.44. The van der Waals surface area contributed by atoms with E-state index in [0.29, 0.717) is 10.3 Å². The zero-order valence-electron chi connectivity index (χ0n) is 10.2. The molecule has 0 aliphatic rings. The minimum Gasteiger partial charge on any atom is -0.306 e. The number of unbranched alkanes of at least 4 members (excludes halogenated alkanes) is 1. The lowest BCUT2D eigenvalue weighted by atomic mass is 10.2. The number of hydrogen-bond acceptors (Lipinski definition) is 2. The molecule has 1 aromatic carbocycles. The summed E-state index contributed by atoms with van der Waals surface area (Å²) in [6, 6.07) is 9.69. The first kappa shape index (κ1) is 13.0. The predicted octanol–water partition coefficient (Wildman–Crippen LogP) is 3.54. The summed E-state index contributed by atoms with van der Waals surface area (Å²) in [7, 11) is 0. The van der Waals surface area contributed by atoms with Crippen LogP contribution in [0.1, 0.15) is 25.5 Å². The highest BCUT2D eigenvalue weighted by Crippen LogP contribution is 2.17. The lowest BCUT2D eigenvalue weighted by molar-refractivity contribution is 0.768. The van der Waals surface area contributed by atoms with E-state index in [2.05, 4.69) is 32.8 Å². The lowest BCUT2D eigenvalue weighted by Crippen LogP contribution is -2.13. The molecule has 0 aliphatic carbocycles. The summed E-state index contributed by atoms with van der Waals surface area (Å²) < 4.78 is 0.552. The van der Waals surface area contributed by atoms with Crippen molar-refractivity contribution in [3.05, 3.63) is 50.9 Å². The van der Waals surface area contributed by atoms with Gasteiger partial charge >= 0.3 is 0 Å². The second kappa shape index (κ2) is 5.96. The van der Waals surface area contributed by atoms with Crippen molar-refractivity contribution in [1.82, 2.24) is 9.97 Å². The van der Waals surface area contributed by atoms with Crippen LogP contribution in [0.3, 0.4) is 0 Å². The van der Waals surface area contributed by atoms with Crippen molar-refractivity contribution in [1.29, 1.82) is 0 Å². The van der Waals surface area contributed by atoms with Crippen LogP contribution in [0.4, 0.5) is 0 Å². The molecule has 2 rings (SSSR count). The molecular formula is C14H15BrN2O. The van der Waals surface area contributed by atoms with Crippen molar-refractivity contribution in [2.75, 3.05) is 0 Å². The van der Waals surface area contributed by atoms with Gasteiger partial charge in [0.05, 0.1) is 5.69 Å². The number of aryl methyl sites for hydroxylation is 1. The van der Waals surface area contributed by atoms with Gasteiger partial charge in [0.15, 0.2) is 0 Å². The van der Waals surface area contributed by atoms with Crippen LogP contribution < -0.4 is 5.56 Å². The molecule has 0 saturated carbocycles. The quantitative estimate of drug-likeness (QED) is 0.939. The van der Waals surface area contributed by atoms with Crippen LogP contribution in [0.15, 0.2) is 39.6 Å². The van der Waals surface area contributed by atoms with E-state index < -0.39 is 0 Å². The summed E-state index contributed by atoms with van der Waals surface area (Å²) >= 11 is 3.31. The van der Waals surface area contributed by atoms with Crippen LogP contribution >= 0.6 is 15.9 Å². The molecule has 1 heterocycles. The Morgan fingerprint density at radius 2 is 2.00 bits per heavy atom. The SMILES string of the molecule is CCCCc1nc(-c2ccccc2)[nH]c(=O)c1Br. The smallest absolute Gasteiger partial charge is 0.265 e. The van der Waals surface area contributed by atoms with E-state index in [0.717, 1.165) is 30.5 Å². The molecule has 3 nitrogen and oxygen atoms in total. The van der Waals surface area contributed by atoms with Gasteiger partial charge in [-0.15, -0.1) is 0 Å². The first-order valence-corrected chi connectivity index (χ1v) is 6.85. The Hall–Kier alpha value is -1.42. The van der Waals surface area contributed by atoms with Crippen molar-refractivity contribution < 1.29 is 0 Å². The lowest BCUT2D eigenvalue weighted by Gasteiger charge is -2.06. The molecule has 0 unspecified atom stereocenters. The molecule has 94 valence electrons. The minimum absolute atomic E-state index is 0.116. The van der Waals surface area contributed by atoms with E-state index in [1.165, 1.54) is 0 Å². The van der Waals surface area contributed by atoms with E-state index in [-0.39, 0.29) is 5.56 Å². The normalized spacial score (nSPS) is 10.6. The molecule has 0 bridgehead atoms. The summed E-state index contributed by atoms with van der Waals surface area (Å²) in [5.41, 5.74) is 1.65. The van der Waals surface area contributed by atoms with Gasteiger partial charge < -0.3 is 4.98 Å². The molecule has 2 aromatic rings. The average molecular weight is 307 g/mol. The zero-order chi connectivity index (χ0) is 13.0. The van der Waals surface area contributed by atoms with Crippen LogP contribution in [0.2, 0.25) is 0 Å². The number of rotatable bonds is 4. The third-order valence-corrected chi connectivity index (χ3v) is 3.56. The van der Waals surface area contributed by atoms with E-state index in [1.54, 1.807) is 0 Å². The van der Waals surface area contributed by atoms with Crippen molar-refractivity contribution >= 4 is 15.9 Å². The van der Waals surface area contributed by atoms with Crippen molar-refractivity contribution in [2.24, 2.45) is 0 Å². The second-order valence-electron chi connectivity index (χ2n) is 4.14. The molecule has 0 amide bonds. The molecule has 0 spiro atoms. The fourth-order valence-electron chi connectivity index (χ4n) is 1.75. The molecule has 1 aromatic heterocycles. The number of nitrogens with zero attached hydrogens (tertiary/aromatic N) is 1. The topological polar surface area (TPSA) is 45.8 Å². The maximum absolute atomic E-state index is 11.9. The van der Waals surface area contributed by atoms with E-state index in [9.17, 15) is 4.79 Å². The maximum Gasteiger partial charge on any atom is 0.265 e. The fraction of sp³-hybridized carbons (Fsp3) is 0.286. The molecule has 1 N–H and O–H groups in total. The molecule has 4 heteroatoms. The fourth-order valence-corrected chi connectivity index (χ4v) is 2.13. The van der Waals surface area contributed by atoms with Gasteiger partial charge in [0.25, 0.3) is 5.56 Å². The summed E-state index contributed by atoms with van der Waals surface area (Å²) in [5.74, 6) is 0.634. The van der Waals surface area contributed by atoms with Crippen LogP contribution in [0, 0.1) is 0 Å². The first-order chi connectivity index (χ1) is 8.72. The largest absolute Gasteiger partial charge is 0.306 e. The van der Waals surface area contributed by atoms with Crippen LogP contribution in [0.25, 0.3) is 11.4 Å². The highest BCUT2D eigenvalue weighted by Gasteiger charge is 2.09. The standard InChI is InChI=1S/C14H15BrN2O/c1-2-3-9-11-12(15)14(18)17-13(16-11)10-7-5-4-6-8-10/h4-8H,2-3,9H2,1H3,(H,16,17,18). The molecule has 0 aliphatic heterocycles. The van der Waals surface area contributed by atoms with E-state index in [1.807, 2.05) is 30.3 Å². The number of nitrogens with one attached hydrogen (secondary N) is 1. The summed E-state index contributed by atoms with van der Waals surface area (Å²) in [6.45, 7) is 2.12. The minimum atomic E-state index is -0.116. The number of hydrogen-bond donors (Lipinski definition) is 1.